The third kappa shape index (κ3) is 3.61. The van der Waals surface area contributed by atoms with E-state index < -0.39 is 0 Å². The van der Waals surface area contributed by atoms with Gasteiger partial charge in [-0.3, -0.25) is 9.78 Å². The molecule has 1 amide bonds. The SMILES string of the molecule is COc1ccccc1Cc1cc(C)nc(C2CCN(C(=O)[C@H]3CC34CCC4)CC2)c1. The van der Waals surface area contributed by atoms with Crippen LogP contribution in [-0.4, -0.2) is 36.0 Å². The summed E-state index contributed by atoms with van der Waals surface area (Å²) in [5.41, 5.74) is 5.17. The topological polar surface area (TPSA) is 42.4 Å². The molecule has 1 saturated heterocycles. The van der Waals surface area contributed by atoms with Crippen LogP contribution in [0.1, 0.15) is 67.0 Å². The number of ether oxygens (including phenoxy) is 1. The molecular weight excluding hydrogens is 372 g/mol. The van der Waals surface area contributed by atoms with Gasteiger partial charge in [-0.1, -0.05) is 24.6 Å². The van der Waals surface area contributed by atoms with Gasteiger partial charge < -0.3 is 9.64 Å². The molecule has 0 unspecified atom stereocenters. The fraction of sp³-hybridized carbons (Fsp3) is 0.538. The Morgan fingerprint density at radius 2 is 1.97 bits per heavy atom. The van der Waals surface area contributed by atoms with Crippen LogP contribution < -0.4 is 4.74 Å². The third-order valence-corrected chi connectivity index (χ3v) is 7.68. The summed E-state index contributed by atoms with van der Waals surface area (Å²) in [5.74, 6) is 2.15. The number of amides is 1. The van der Waals surface area contributed by atoms with E-state index in [1.54, 1.807) is 7.11 Å². The van der Waals surface area contributed by atoms with E-state index in [4.69, 9.17) is 9.72 Å². The highest BCUT2D eigenvalue weighted by molar-refractivity contribution is 5.83. The molecule has 2 heterocycles. The molecule has 4 nitrogen and oxygen atoms in total. The normalized spacial score (nSPS) is 22.6. The molecule has 1 aliphatic heterocycles. The van der Waals surface area contributed by atoms with E-state index in [9.17, 15) is 4.79 Å². The summed E-state index contributed by atoms with van der Waals surface area (Å²) in [5, 5.41) is 0. The predicted molar refractivity (Wildman–Crippen MR) is 118 cm³/mol. The zero-order chi connectivity index (χ0) is 20.7. The van der Waals surface area contributed by atoms with Gasteiger partial charge in [0.05, 0.1) is 7.11 Å². The van der Waals surface area contributed by atoms with Gasteiger partial charge in [0.2, 0.25) is 5.91 Å². The van der Waals surface area contributed by atoms with Gasteiger partial charge in [0, 0.05) is 42.7 Å². The van der Waals surface area contributed by atoms with Gasteiger partial charge in [-0.25, -0.2) is 0 Å². The maximum Gasteiger partial charge on any atom is 0.226 e. The number of carbonyl (C=O) groups excluding carboxylic acids is 1. The Morgan fingerprint density at radius 1 is 1.20 bits per heavy atom. The van der Waals surface area contributed by atoms with Crippen molar-refractivity contribution in [1.29, 1.82) is 0 Å². The zero-order valence-electron chi connectivity index (χ0n) is 18.2. The first-order valence-corrected chi connectivity index (χ1v) is 11.5. The monoisotopic (exact) mass is 404 g/mol. The number of aryl methyl sites for hydroxylation is 1. The Hall–Kier alpha value is -2.36. The van der Waals surface area contributed by atoms with Crippen molar-refractivity contribution in [1.82, 2.24) is 9.88 Å². The van der Waals surface area contributed by atoms with Crippen LogP contribution >= 0.6 is 0 Å². The summed E-state index contributed by atoms with van der Waals surface area (Å²) in [4.78, 5) is 19.9. The molecule has 3 fully saturated rings. The lowest BCUT2D eigenvalue weighted by molar-refractivity contribution is -0.135. The Morgan fingerprint density at radius 3 is 2.63 bits per heavy atom. The number of hydrogen-bond donors (Lipinski definition) is 0. The summed E-state index contributed by atoms with van der Waals surface area (Å²) in [7, 11) is 1.73. The predicted octanol–water partition coefficient (Wildman–Crippen LogP) is 4.89. The number of benzene rings is 1. The number of hydrogen-bond acceptors (Lipinski definition) is 3. The summed E-state index contributed by atoms with van der Waals surface area (Å²) in [6.45, 7) is 3.85. The first kappa shape index (κ1) is 19.6. The Balaban J connectivity index is 1.25. The van der Waals surface area contributed by atoms with Crippen molar-refractivity contribution in [3.63, 3.8) is 0 Å². The van der Waals surface area contributed by atoms with E-state index >= 15 is 0 Å². The fourth-order valence-electron chi connectivity index (χ4n) is 5.64. The molecule has 2 aliphatic carbocycles. The second-order valence-electron chi connectivity index (χ2n) is 9.60. The molecule has 3 aliphatic rings. The molecular formula is C26H32N2O2. The number of para-hydroxylation sites is 1. The van der Waals surface area contributed by atoms with Crippen molar-refractivity contribution in [2.75, 3.05) is 20.2 Å². The molecule has 30 heavy (non-hydrogen) atoms. The summed E-state index contributed by atoms with van der Waals surface area (Å²) in [6.07, 6.45) is 7.93. The van der Waals surface area contributed by atoms with Crippen LogP contribution in [0.15, 0.2) is 36.4 Å². The number of nitrogens with zero attached hydrogens (tertiary/aromatic N) is 2. The second kappa shape index (κ2) is 7.72. The average molecular weight is 405 g/mol. The van der Waals surface area contributed by atoms with Crippen LogP contribution in [0.2, 0.25) is 0 Å². The van der Waals surface area contributed by atoms with Gasteiger partial charge in [0.1, 0.15) is 5.75 Å². The molecule has 0 bridgehead atoms. The van der Waals surface area contributed by atoms with Crippen molar-refractivity contribution < 1.29 is 9.53 Å². The maximum atomic E-state index is 12.9. The van der Waals surface area contributed by atoms with Crippen molar-refractivity contribution >= 4 is 5.91 Å². The molecule has 0 N–H and O–H groups in total. The van der Waals surface area contributed by atoms with Crippen molar-refractivity contribution in [2.45, 2.75) is 57.8 Å². The number of methoxy groups -OCH3 is 1. The summed E-state index contributed by atoms with van der Waals surface area (Å²) < 4.78 is 5.53. The van der Waals surface area contributed by atoms with Gasteiger partial charge in [-0.2, -0.15) is 0 Å². The maximum absolute atomic E-state index is 12.9. The highest BCUT2D eigenvalue weighted by atomic mass is 16.5. The van der Waals surface area contributed by atoms with Crippen LogP contribution in [-0.2, 0) is 11.2 Å². The minimum atomic E-state index is 0.340. The van der Waals surface area contributed by atoms with E-state index in [1.807, 2.05) is 12.1 Å². The van der Waals surface area contributed by atoms with Crippen LogP contribution in [0.25, 0.3) is 0 Å². The molecule has 2 saturated carbocycles. The van der Waals surface area contributed by atoms with Gasteiger partial charge >= 0.3 is 0 Å². The Kier molecular flexibility index (Phi) is 5.04. The highest BCUT2D eigenvalue weighted by Gasteiger charge is 2.61. The lowest BCUT2D eigenvalue weighted by Gasteiger charge is -2.34. The van der Waals surface area contributed by atoms with Gasteiger partial charge in [-0.05, 0) is 73.8 Å². The quantitative estimate of drug-likeness (QED) is 0.713. The van der Waals surface area contributed by atoms with Crippen LogP contribution in [0.4, 0.5) is 0 Å². The largest absolute Gasteiger partial charge is 0.496 e. The number of piperidine rings is 1. The minimum Gasteiger partial charge on any atom is -0.496 e. The summed E-state index contributed by atoms with van der Waals surface area (Å²) >= 11 is 0. The highest BCUT2D eigenvalue weighted by Crippen LogP contribution is 2.66. The molecule has 2 aromatic rings. The van der Waals surface area contributed by atoms with Crippen LogP contribution in [0, 0.1) is 18.3 Å². The lowest BCUT2D eigenvalue weighted by atomic mass is 9.79. The molecule has 4 heteroatoms. The molecule has 1 aromatic heterocycles. The molecule has 1 atom stereocenters. The minimum absolute atomic E-state index is 0.340. The van der Waals surface area contributed by atoms with Crippen molar-refractivity contribution in [3.05, 3.63) is 58.9 Å². The third-order valence-electron chi connectivity index (χ3n) is 7.68. The summed E-state index contributed by atoms with van der Waals surface area (Å²) in [6, 6.07) is 12.7. The first-order chi connectivity index (χ1) is 14.6. The lowest BCUT2D eigenvalue weighted by Crippen LogP contribution is -2.40. The van der Waals surface area contributed by atoms with Crippen LogP contribution in [0.5, 0.6) is 5.75 Å². The van der Waals surface area contributed by atoms with Gasteiger partial charge in [-0.15, -0.1) is 0 Å². The zero-order valence-corrected chi connectivity index (χ0v) is 18.2. The van der Waals surface area contributed by atoms with Crippen molar-refractivity contribution in [3.8, 4) is 5.75 Å². The fourth-order valence-corrected chi connectivity index (χ4v) is 5.64. The average Bonchev–Trinajstić information content (AvgIpc) is 3.50. The Bertz CT molecular complexity index is 942. The van der Waals surface area contributed by atoms with E-state index in [-0.39, 0.29) is 0 Å². The van der Waals surface area contributed by atoms with E-state index in [1.165, 1.54) is 36.1 Å². The number of pyridine rings is 1. The molecule has 158 valence electrons. The number of aromatic nitrogens is 1. The molecule has 0 radical (unpaired) electrons. The standard InChI is InChI=1S/C26H32N2O2/c1-18-14-19(15-21-6-3-4-7-24(21)30-2)16-23(27-18)20-8-12-28(13-9-20)25(29)22-17-26(22)10-5-11-26/h3-4,6-7,14,16,20,22H,5,8-13,15,17H2,1-2H3/t22-/m1/s1. The number of carbonyl (C=O) groups is 1. The number of likely N-dealkylation sites (tertiary alicyclic amines) is 1. The van der Waals surface area contributed by atoms with E-state index in [2.05, 4.69) is 36.1 Å². The molecule has 5 rings (SSSR count). The second-order valence-corrected chi connectivity index (χ2v) is 9.60. The van der Waals surface area contributed by atoms with Gasteiger partial charge in [0.25, 0.3) is 0 Å². The Labute approximate surface area is 179 Å². The van der Waals surface area contributed by atoms with Crippen molar-refractivity contribution in [2.24, 2.45) is 11.3 Å². The van der Waals surface area contributed by atoms with E-state index in [0.717, 1.165) is 50.2 Å². The molecule has 1 aromatic carbocycles. The first-order valence-electron chi connectivity index (χ1n) is 11.5. The van der Waals surface area contributed by atoms with Gasteiger partial charge in [0.15, 0.2) is 0 Å². The van der Waals surface area contributed by atoms with E-state index in [0.29, 0.717) is 23.2 Å². The molecule has 1 spiro atoms. The van der Waals surface area contributed by atoms with Crippen LogP contribution in [0.3, 0.4) is 0 Å². The smallest absolute Gasteiger partial charge is 0.226 e. The number of rotatable bonds is 5.